The Balaban J connectivity index is 1.82. The molecule has 0 saturated carbocycles. The average Bonchev–Trinajstić information content (AvgIpc) is 3.09. The number of amides is 1. The lowest BCUT2D eigenvalue weighted by molar-refractivity contribution is -0.127. The van der Waals surface area contributed by atoms with Crippen LogP contribution in [0.4, 0.5) is 0 Å². The van der Waals surface area contributed by atoms with Gasteiger partial charge in [-0.1, -0.05) is 5.16 Å². The van der Waals surface area contributed by atoms with E-state index in [1.807, 2.05) is 19.9 Å². The zero-order valence-corrected chi connectivity index (χ0v) is 12.8. The van der Waals surface area contributed by atoms with Crippen LogP contribution in [0.5, 0.6) is 0 Å². The molecule has 6 nitrogen and oxygen atoms in total. The van der Waals surface area contributed by atoms with Crippen molar-refractivity contribution in [1.82, 2.24) is 15.0 Å². The van der Waals surface area contributed by atoms with Crippen LogP contribution in [0.1, 0.15) is 30.7 Å². The summed E-state index contributed by atoms with van der Waals surface area (Å²) < 4.78 is 11.4. The predicted octanol–water partition coefficient (Wildman–Crippen LogP) is 2.74. The van der Waals surface area contributed by atoms with E-state index in [4.69, 9.17) is 8.94 Å². The zero-order valence-electron chi connectivity index (χ0n) is 11.2. The van der Waals surface area contributed by atoms with Crippen LogP contribution in [0, 0.1) is 6.92 Å². The van der Waals surface area contributed by atoms with Crippen LogP contribution in [-0.2, 0) is 4.79 Å². The number of hydrogen-bond acceptors (Lipinski definition) is 5. The Hall–Kier alpha value is -1.63. The number of likely N-dealkylation sites (N-methyl/N-ethyl adjacent to an activating group) is 1. The fraction of sp³-hybridized carbons (Fsp3) is 0.462. The molecule has 1 unspecified atom stereocenters. The van der Waals surface area contributed by atoms with Gasteiger partial charge in [-0.25, -0.2) is 0 Å². The Morgan fingerprint density at radius 2 is 2.35 bits per heavy atom. The molecule has 106 valence electrons. The zero-order chi connectivity index (χ0) is 14.3. The summed E-state index contributed by atoms with van der Waals surface area (Å²) in [5, 5.41) is 3.98. The number of aromatic nitrogens is 2. The van der Waals surface area contributed by atoms with Crippen molar-refractivity contribution in [2.45, 2.75) is 26.2 Å². The van der Waals surface area contributed by atoms with Crippen molar-refractivity contribution in [3.05, 3.63) is 22.1 Å². The molecule has 20 heavy (non-hydrogen) atoms. The topological polar surface area (TPSA) is 72.4 Å². The number of carbonyl (C=O) groups is 1. The Kier molecular flexibility index (Phi) is 3.37. The first kappa shape index (κ1) is 13.4. The first-order valence-electron chi connectivity index (χ1n) is 6.46. The summed E-state index contributed by atoms with van der Waals surface area (Å²) in [7, 11) is 0. The van der Waals surface area contributed by atoms with Crippen LogP contribution < -0.4 is 0 Å². The van der Waals surface area contributed by atoms with Crippen molar-refractivity contribution >= 4 is 21.8 Å². The van der Waals surface area contributed by atoms with Gasteiger partial charge in [0.25, 0.3) is 5.89 Å². The molecule has 1 aliphatic rings. The highest BCUT2D eigenvalue weighted by Crippen LogP contribution is 2.30. The van der Waals surface area contributed by atoms with Gasteiger partial charge in [0.1, 0.15) is 0 Å². The van der Waals surface area contributed by atoms with E-state index in [0.29, 0.717) is 41.7 Å². The van der Waals surface area contributed by atoms with Crippen molar-refractivity contribution in [2.75, 3.05) is 13.1 Å². The van der Waals surface area contributed by atoms with Crippen molar-refractivity contribution in [2.24, 2.45) is 0 Å². The normalized spacial score (nSPS) is 19.1. The van der Waals surface area contributed by atoms with E-state index in [-0.39, 0.29) is 11.8 Å². The predicted molar refractivity (Wildman–Crippen MR) is 74.0 cm³/mol. The molecule has 0 N–H and O–H groups in total. The van der Waals surface area contributed by atoms with Crippen molar-refractivity contribution < 1.29 is 13.7 Å². The minimum absolute atomic E-state index is 0.000509. The summed E-state index contributed by atoms with van der Waals surface area (Å²) in [6, 6.07) is 1.83. The molecule has 0 aromatic carbocycles. The molecule has 1 amide bonds. The summed E-state index contributed by atoms with van der Waals surface area (Å²) in [5.74, 6) is 1.58. The van der Waals surface area contributed by atoms with Gasteiger partial charge in [-0.15, -0.1) is 0 Å². The molecule has 0 radical (unpaired) electrons. The average molecular weight is 340 g/mol. The van der Waals surface area contributed by atoms with Gasteiger partial charge in [-0.05, 0) is 35.8 Å². The van der Waals surface area contributed by atoms with Crippen LogP contribution in [0.3, 0.4) is 0 Å². The minimum atomic E-state index is -0.000509. The second-order valence-electron chi connectivity index (χ2n) is 4.86. The number of likely N-dealkylation sites (tertiary alicyclic amines) is 1. The second kappa shape index (κ2) is 5.05. The maximum absolute atomic E-state index is 11.7. The Bertz CT molecular complexity index is 630. The molecule has 0 spiro atoms. The fourth-order valence-corrected chi connectivity index (χ4v) is 2.61. The number of nitrogens with zero attached hydrogens (tertiary/aromatic N) is 3. The Morgan fingerprint density at radius 3 is 2.95 bits per heavy atom. The van der Waals surface area contributed by atoms with E-state index in [1.54, 1.807) is 4.90 Å². The number of furan rings is 1. The Labute approximate surface area is 124 Å². The number of hydrogen-bond donors (Lipinski definition) is 0. The smallest absolute Gasteiger partial charge is 0.293 e. The van der Waals surface area contributed by atoms with Crippen LogP contribution in [0.25, 0.3) is 11.7 Å². The van der Waals surface area contributed by atoms with E-state index in [9.17, 15) is 4.79 Å². The lowest BCUT2D eigenvalue weighted by Crippen LogP contribution is -2.24. The van der Waals surface area contributed by atoms with E-state index < -0.39 is 0 Å². The molecule has 1 aliphatic heterocycles. The summed E-state index contributed by atoms with van der Waals surface area (Å²) in [6.45, 7) is 5.24. The SMILES string of the molecule is CCN1CC(c2noc(-c3cc(C)c(Br)o3)n2)CC1=O. The van der Waals surface area contributed by atoms with E-state index in [1.165, 1.54) is 0 Å². The van der Waals surface area contributed by atoms with Crippen LogP contribution in [0.15, 0.2) is 19.7 Å². The van der Waals surface area contributed by atoms with Crippen LogP contribution >= 0.6 is 15.9 Å². The highest BCUT2D eigenvalue weighted by molar-refractivity contribution is 9.10. The number of rotatable bonds is 3. The lowest BCUT2D eigenvalue weighted by Gasteiger charge is -2.11. The molecule has 0 aliphatic carbocycles. The monoisotopic (exact) mass is 339 g/mol. The molecular weight excluding hydrogens is 326 g/mol. The molecule has 2 aromatic heterocycles. The maximum Gasteiger partial charge on any atom is 0.293 e. The van der Waals surface area contributed by atoms with Crippen LogP contribution in [-0.4, -0.2) is 34.0 Å². The van der Waals surface area contributed by atoms with Gasteiger partial charge in [0.05, 0.1) is 0 Å². The van der Waals surface area contributed by atoms with Gasteiger partial charge in [0, 0.05) is 31.0 Å². The van der Waals surface area contributed by atoms with Crippen molar-refractivity contribution in [1.29, 1.82) is 0 Å². The third-order valence-electron chi connectivity index (χ3n) is 3.47. The van der Waals surface area contributed by atoms with Crippen molar-refractivity contribution in [3.8, 4) is 11.7 Å². The van der Waals surface area contributed by atoms with Crippen LogP contribution in [0.2, 0.25) is 0 Å². The first-order valence-corrected chi connectivity index (χ1v) is 7.25. The molecule has 1 fully saturated rings. The Morgan fingerprint density at radius 1 is 1.55 bits per heavy atom. The van der Waals surface area contributed by atoms with Crippen molar-refractivity contribution in [3.63, 3.8) is 0 Å². The molecule has 1 atom stereocenters. The molecule has 2 aromatic rings. The molecule has 7 heteroatoms. The van der Waals surface area contributed by atoms with Gasteiger partial charge in [0.2, 0.25) is 5.91 Å². The van der Waals surface area contributed by atoms with Gasteiger partial charge >= 0.3 is 0 Å². The standard InChI is InChI=1S/C13H14BrN3O3/c1-3-17-6-8(5-10(17)18)12-15-13(20-16-12)9-4-7(2)11(14)19-9/h4,8H,3,5-6H2,1-2H3. The minimum Gasteiger partial charge on any atom is -0.444 e. The summed E-state index contributed by atoms with van der Waals surface area (Å²) in [6.07, 6.45) is 0.438. The first-order chi connectivity index (χ1) is 9.58. The third kappa shape index (κ3) is 2.26. The molecule has 1 saturated heterocycles. The second-order valence-corrected chi connectivity index (χ2v) is 5.58. The van der Waals surface area contributed by atoms with E-state index in [0.717, 1.165) is 5.56 Å². The van der Waals surface area contributed by atoms with E-state index in [2.05, 4.69) is 26.1 Å². The van der Waals surface area contributed by atoms with E-state index >= 15 is 0 Å². The highest BCUT2D eigenvalue weighted by Gasteiger charge is 2.33. The lowest BCUT2D eigenvalue weighted by atomic mass is 10.1. The van der Waals surface area contributed by atoms with Gasteiger partial charge in [-0.3, -0.25) is 4.79 Å². The molecule has 0 bridgehead atoms. The molecule has 3 heterocycles. The fourth-order valence-electron chi connectivity index (χ4n) is 2.32. The van der Waals surface area contributed by atoms with Gasteiger partial charge in [0.15, 0.2) is 16.3 Å². The third-order valence-corrected chi connectivity index (χ3v) is 4.26. The summed E-state index contributed by atoms with van der Waals surface area (Å²) >= 11 is 3.30. The largest absolute Gasteiger partial charge is 0.444 e. The van der Waals surface area contributed by atoms with Gasteiger partial charge < -0.3 is 13.8 Å². The summed E-state index contributed by atoms with van der Waals surface area (Å²) in [5.41, 5.74) is 0.966. The maximum atomic E-state index is 11.7. The number of aryl methyl sites for hydroxylation is 1. The summed E-state index contributed by atoms with van der Waals surface area (Å²) in [4.78, 5) is 17.9. The molecular formula is C13H14BrN3O3. The molecule has 3 rings (SSSR count). The quantitative estimate of drug-likeness (QED) is 0.859. The highest BCUT2D eigenvalue weighted by atomic mass is 79.9. The van der Waals surface area contributed by atoms with Gasteiger partial charge in [-0.2, -0.15) is 4.98 Å². The number of carbonyl (C=O) groups excluding carboxylic acids is 1. The number of halogens is 1.